The van der Waals surface area contributed by atoms with Crippen molar-refractivity contribution in [3.8, 4) is 0 Å². The molecule has 4 heteroatoms. The van der Waals surface area contributed by atoms with Crippen molar-refractivity contribution in [2.24, 2.45) is 11.7 Å². The van der Waals surface area contributed by atoms with E-state index in [1.54, 1.807) is 0 Å². The molecule has 13 heavy (non-hydrogen) atoms. The molecule has 0 aliphatic heterocycles. The van der Waals surface area contributed by atoms with Crippen LogP contribution >= 0.6 is 12.4 Å². The first-order valence-electron chi connectivity index (χ1n) is 4.59. The van der Waals surface area contributed by atoms with Gasteiger partial charge in [0.1, 0.15) is 6.04 Å². The molecular weight excluding hydrogens is 190 g/mol. The predicted octanol–water partition coefficient (Wildman–Crippen LogP) is 1.49. The number of hydrogen-bond donors (Lipinski definition) is 1. The number of hydrogen-bond acceptors (Lipinski definition) is 3. The number of halogens is 1. The minimum Gasteiger partial charge on any atom is -0.468 e. The van der Waals surface area contributed by atoms with E-state index >= 15 is 0 Å². The van der Waals surface area contributed by atoms with Gasteiger partial charge >= 0.3 is 5.97 Å². The van der Waals surface area contributed by atoms with Gasteiger partial charge in [-0.05, 0) is 18.8 Å². The molecule has 0 bridgehead atoms. The second-order valence-corrected chi connectivity index (χ2v) is 3.45. The Bertz CT molecular complexity index is 158. The van der Waals surface area contributed by atoms with Gasteiger partial charge < -0.3 is 10.5 Å². The summed E-state index contributed by atoms with van der Waals surface area (Å²) in [5.41, 5.74) is 5.73. The molecule has 0 spiro atoms. The fourth-order valence-electron chi connectivity index (χ4n) is 1.82. The Balaban J connectivity index is 0.00000144. The minimum atomic E-state index is -0.393. The van der Waals surface area contributed by atoms with Gasteiger partial charge in [-0.25, -0.2) is 0 Å². The lowest BCUT2D eigenvalue weighted by molar-refractivity contribution is -0.143. The summed E-state index contributed by atoms with van der Waals surface area (Å²) in [6.45, 7) is 0. The average molecular weight is 208 g/mol. The van der Waals surface area contributed by atoms with Crippen molar-refractivity contribution in [1.29, 1.82) is 0 Å². The van der Waals surface area contributed by atoms with Gasteiger partial charge in [-0.15, -0.1) is 12.4 Å². The van der Waals surface area contributed by atoms with Gasteiger partial charge in [0, 0.05) is 0 Å². The Hall–Kier alpha value is -0.280. The van der Waals surface area contributed by atoms with Gasteiger partial charge in [0.25, 0.3) is 0 Å². The van der Waals surface area contributed by atoms with Crippen LogP contribution < -0.4 is 5.73 Å². The third-order valence-electron chi connectivity index (χ3n) is 2.63. The Morgan fingerprint density at radius 1 is 1.38 bits per heavy atom. The van der Waals surface area contributed by atoms with Crippen molar-refractivity contribution in [1.82, 2.24) is 0 Å². The van der Waals surface area contributed by atoms with Crippen LogP contribution in [-0.2, 0) is 9.53 Å². The maximum Gasteiger partial charge on any atom is 0.322 e. The van der Waals surface area contributed by atoms with E-state index in [4.69, 9.17) is 5.73 Å². The van der Waals surface area contributed by atoms with Crippen molar-refractivity contribution in [3.05, 3.63) is 0 Å². The van der Waals surface area contributed by atoms with Crippen LogP contribution in [0.2, 0.25) is 0 Å². The number of nitrogens with two attached hydrogens (primary N) is 1. The Morgan fingerprint density at radius 2 is 1.92 bits per heavy atom. The van der Waals surface area contributed by atoms with Crippen LogP contribution in [0.25, 0.3) is 0 Å². The van der Waals surface area contributed by atoms with E-state index in [0.717, 1.165) is 12.8 Å². The molecule has 1 aliphatic rings. The van der Waals surface area contributed by atoms with E-state index in [1.807, 2.05) is 0 Å². The van der Waals surface area contributed by atoms with Gasteiger partial charge in [-0.2, -0.15) is 0 Å². The summed E-state index contributed by atoms with van der Waals surface area (Å²) in [5, 5.41) is 0. The molecule has 0 aromatic heterocycles. The highest BCUT2D eigenvalue weighted by Gasteiger charge is 2.26. The summed E-state index contributed by atoms with van der Waals surface area (Å²) in [6, 6.07) is -0.393. The molecule has 1 atom stereocenters. The minimum absolute atomic E-state index is 0. The van der Waals surface area contributed by atoms with E-state index in [0.29, 0.717) is 5.92 Å². The number of esters is 1. The lowest BCUT2D eigenvalue weighted by atomic mass is 9.84. The summed E-state index contributed by atoms with van der Waals surface area (Å²) >= 11 is 0. The van der Waals surface area contributed by atoms with Gasteiger partial charge in [-0.3, -0.25) is 4.79 Å². The highest BCUT2D eigenvalue weighted by Crippen LogP contribution is 2.25. The average Bonchev–Trinajstić information content (AvgIpc) is 2.17. The summed E-state index contributed by atoms with van der Waals surface area (Å²) < 4.78 is 4.60. The van der Waals surface area contributed by atoms with Crippen LogP contribution in [0.3, 0.4) is 0 Å². The Morgan fingerprint density at radius 3 is 2.38 bits per heavy atom. The van der Waals surface area contributed by atoms with Crippen LogP contribution in [0.15, 0.2) is 0 Å². The molecular formula is C9H18ClNO2. The van der Waals surface area contributed by atoms with Crippen molar-refractivity contribution in [2.45, 2.75) is 38.1 Å². The molecule has 1 fully saturated rings. The van der Waals surface area contributed by atoms with Crippen molar-refractivity contribution >= 4 is 18.4 Å². The van der Waals surface area contributed by atoms with Crippen molar-refractivity contribution in [3.63, 3.8) is 0 Å². The van der Waals surface area contributed by atoms with E-state index in [2.05, 4.69) is 4.74 Å². The first-order chi connectivity index (χ1) is 5.75. The van der Waals surface area contributed by atoms with Crippen molar-refractivity contribution in [2.75, 3.05) is 7.11 Å². The normalized spacial score (nSPS) is 20.2. The highest BCUT2D eigenvalue weighted by atomic mass is 35.5. The molecule has 0 aromatic carbocycles. The van der Waals surface area contributed by atoms with Crippen LogP contribution in [0.4, 0.5) is 0 Å². The summed E-state index contributed by atoms with van der Waals surface area (Å²) in [6.07, 6.45) is 5.85. The third kappa shape index (κ3) is 3.53. The number of methoxy groups -OCH3 is 1. The summed E-state index contributed by atoms with van der Waals surface area (Å²) in [5.74, 6) is 0.0908. The van der Waals surface area contributed by atoms with Crippen LogP contribution in [0.5, 0.6) is 0 Å². The van der Waals surface area contributed by atoms with Crippen LogP contribution in [0, 0.1) is 5.92 Å². The van der Waals surface area contributed by atoms with E-state index < -0.39 is 6.04 Å². The predicted molar refractivity (Wildman–Crippen MR) is 53.8 cm³/mol. The maximum atomic E-state index is 11.1. The second-order valence-electron chi connectivity index (χ2n) is 3.45. The van der Waals surface area contributed by atoms with Crippen LogP contribution in [-0.4, -0.2) is 19.1 Å². The lowest BCUT2D eigenvalue weighted by Crippen LogP contribution is -2.39. The van der Waals surface area contributed by atoms with Gasteiger partial charge in [-0.1, -0.05) is 19.3 Å². The zero-order chi connectivity index (χ0) is 8.97. The van der Waals surface area contributed by atoms with E-state index in [9.17, 15) is 4.79 Å². The topological polar surface area (TPSA) is 52.3 Å². The smallest absolute Gasteiger partial charge is 0.322 e. The molecule has 0 aromatic rings. The fourth-order valence-corrected chi connectivity index (χ4v) is 1.82. The molecule has 3 nitrogen and oxygen atoms in total. The zero-order valence-electron chi connectivity index (χ0n) is 7.99. The summed E-state index contributed by atoms with van der Waals surface area (Å²) in [4.78, 5) is 11.1. The molecule has 78 valence electrons. The number of rotatable bonds is 2. The molecule has 1 saturated carbocycles. The monoisotopic (exact) mass is 207 g/mol. The lowest BCUT2D eigenvalue weighted by Gasteiger charge is -2.25. The molecule has 1 unspecified atom stereocenters. The van der Waals surface area contributed by atoms with E-state index in [-0.39, 0.29) is 18.4 Å². The van der Waals surface area contributed by atoms with E-state index in [1.165, 1.54) is 26.4 Å². The van der Waals surface area contributed by atoms with Crippen LogP contribution in [0.1, 0.15) is 32.1 Å². The molecule has 1 aliphatic carbocycles. The summed E-state index contributed by atoms with van der Waals surface area (Å²) in [7, 11) is 1.39. The second kappa shape index (κ2) is 6.22. The van der Waals surface area contributed by atoms with Gasteiger partial charge in [0.05, 0.1) is 7.11 Å². The number of carbonyl (C=O) groups is 1. The first kappa shape index (κ1) is 12.7. The SMILES string of the molecule is COC(=O)C(N)C1CCCCC1.Cl. The quantitative estimate of drug-likeness (QED) is 0.699. The van der Waals surface area contributed by atoms with Gasteiger partial charge in [0.2, 0.25) is 0 Å². The molecule has 1 rings (SSSR count). The number of ether oxygens (including phenoxy) is 1. The van der Waals surface area contributed by atoms with Gasteiger partial charge in [0.15, 0.2) is 0 Å². The first-order valence-corrected chi connectivity index (χ1v) is 4.59. The fraction of sp³-hybridized carbons (Fsp3) is 0.889. The number of carbonyl (C=O) groups excluding carboxylic acids is 1. The molecule has 2 N–H and O–H groups in total. The molecule has 0 amide bonds. The molecule has 0 saturated heterocycles. The third-order valence-corrected chi connectivity index (χ3v) is 2.63. The zero-order valence-corrected chi connectivity index (χ0v) is 8.81. The largest absolute Gasteiger partial charge is 0.468 e. The standard InChI is InChI=1S/C9H17NO2.ClH/c1-12-9(11)8(10)7-5-3-2-4-6-7;/h7-8H,2-6,10H2,1H3;1H. The maximum absolute atomic E-state index is 11.1. The Labute approximate surface area is 85.4 Å². The highest BCUT2D eigenvalue weighted by molar-refractivity contribution is 5.85. The molecule has 0 heterocycles. The Kier molecular flexibility index (Phi) is 6.08. The van der Waals surface area contributed by atoms with Crippen molar-refractivity contribution < 1.29 is 9.53 Å². The molecule has 0 radical (unpaired) electrons.